The van der Waals surface area contributed by atoms with Crippen molar-refractivity contribution < 1.29 is 26.2 Å². The zero-order valence-corrected chi connectivity index (χ0v) is 19.1. The van der Waals surface area contributed by atoms with Gasteiger partial charge in [-0.1, -0.05) is 94.1 Å². The van der Waals surface area contributed by atoms with Crippen LogP contribution in [0.2, 0.25) is 0 Å². The van der Waals surface area contributed by atoms with Gasteiger partial charge in [0, 0.05) is 26.2 Å². The van der Waals surface area contributed by atoms with E-state index in [-0.39, 0.29) is 26.2 Å². The zero-order chi connectivity index (χ0) is 17.6. The van der Waals surface area contributed by atoms with E-state index in [1.54, 1.807) is 5.57 Å². The van der Waals surface area contributed by atoms with Gasteiger partial charge in [-0.2, -0.15) is 0 Å². The number of hydrogen-bond donors (Lipinski definition) is 0. The molecule has 1 aliphatic carbocycles. The molecule has 1 atom stereocenters. The van der Waals surface area contributed by atoms with Gasteiger partial charge in [-0.15, -0.1) is 0 Å². The average Bonchev–Trinajstić information content (AvgIpc) is 3.07. The summed E-state index contributed by atoms with van der Waals surface area (Å²) in [7, 11) is 0. The van der Waals surface area contributed by atoms with Gasteiger partial charge in [-0.3, -0.25) is 0 Å². The third kappa shape index (κ3) is 5.07. The monoisotopic (exact) mass is 422 g/mol. The van der Waals surface area contributed by atoms with Crippen LogP contribution in [0.4, 0.5) is 0 Å². The molecule has 2 aromatic rings. The summed E-state index contributed by atoms with van der Waals surface area (Å²) in [6.45, 7) is 6.85. The molecule has 0 bridgehead atoms. The molecular weight excluding hydrogens is 391 g/mol. The van der Waals surface area contributed by atoms with Crippen LogP contribution in [0.25, 0.3) is 17.2 Å². The van der Waals surface area contributed by atoms with Crippen molar-refractivity contribution in [1.82, 2.24) is 0 Å². The van der Waals surface area contributed by atoms with Crippen molar-refractivity contribution in [2.24, 2.45) is 0 Å². The van der Waals surface area contributed by atoms with E-state index >= 15 is 0 Å². The van der Waals surface area contributed by atoms with E-state index in [1.165, 1.54) is 66.3 Å². The molecule has 1 heteroatoms. The molecule has 0 radical (unpaired) electrons. The molecule has 2 aromatic carbocycles. The van der Waals surface area contributed by atoms with E-state index in [0.717, 1.165) is 6.42 Å². The quantitative estimate of drug-likeness (QED) is 0.380. The van der Waals surface area contributed by atoms with Crippen molar-refractivity contribution >= 4 is 6.08 Å². The van der Waals surface area contributed by atoms with Gasteiger partial charge >= 0.3 is 0 Å². The second-order valence-electron chi connectivity index (χ2n) is 7.60. The number of benzene rings is 2. The Hall–Kier alpha value is -0.937. The summed E-state index contributed by atoms with van der Waals surface area (Å²) in [5.74, 6) is 0.644. The van der Waals surface area contributed by atoms with Gasteiger partial charge in [0.25, 0.3) is 0 Å². The first-order valence-electron chi connectivity index (χ1n) is 10.1. The van der Waals surface area contributed by atoms with Crippen LogP contribution in [0.5, 0.6) is 0 Å². The number of hydrogen-bond acceptors (Lipinski definition) is 0. The van der Waals surface area contributed by atoms with E-state index in [9.17, 15) is 0 Å². The van der Waals surface area contributed by atoms with Gasteiger partial charge in [-0.05, 0) is 59.4 Å². The Balaban J connectivity index is 0.00000243. The fourth-order valence-corrected chi connectivity index (χ4v) is 3.86. The number of allylic oxidation sites excluding steroid dienone is 1. The Morgan fingerprint density at radius 1 is 0.923 bits per heavy atom. The Morgan fingerprint density at radius 2 is 1.69 bits per heavy atom. The maximum Gasteiger partial charge on any atom is 0 e. The van der Waals surface area contributed by atoms with Crippen LogP contribution in [0.15, 0.2) is 48.0 Å². The van der Waals surface area contributed by atoms with Gasteiger partial charge in [-0.25, -0.2) is 0 Å². The standard InChI is InChI=1S/C25H32.Zr/c1-4-6-7-8-10-20-17-23-11-9-12-24(25(23)18-20)22-15-13-21(14-16-22)19(3)5-2;/h9,11-16,18-19H,4-8,10,17H2,1-3H3;. The van der Waals surface area contributed by atoms with Crippen molar-refractivity contribution in [1.29, 1.82) is 0 Å². The van der Waals surface area contributed by atoms with Gasteiger partial charge < -0.3 is 0 Å². The van der Waals surface area contributed by atoms with Crippen molar-refractivity contribution in [3.63, 3.8) is 0 Å². The minimum atomic E-state index is 0. The minimum absolute atomic E-state index is 0. The summed E-state index contributed by atoms with van der Waals surface area (Å²) < 4.78 is 0. The van der Waals surface area contributed by atoms with E-state index < -0.39 is 0 Å². The third-order valence-corrected chi connectivity index (χ3v) is 5.72. The van der Waals surface area contributed by atoms with Crippen molar-refractivity contribution in [3.05, 3.63) is 64.7 Å². The molecule has 1 aliphatic rings. The fraction of sp³-hybridized carbons (Fsp3) is 0.440. The van der Waals surface area contributed by atoms with E-state index in [2.05, 4.69) is 69.3 Å². The van der Waals surface area contributed by atoms with Crippen molar-refractivity contribution in [3.8, 4) is 11.1 Å². The summed E-state index contributed by atoms with van der Waals surface area (Å²) in [6, 6.07) is 16.1. The normalized spacial score (nSPS) is 13.7. The first-order valence-corrected chi connectivity index (χ1v) is 10.1. The molecule has 0 spiro atoms. The summed E-state index contributed by atoms with van der Waals surface area (Å²) >= 11 is 0. The second-order valence-corrected chi connectivity index (χ2v) is 7.60. The van der Waals surface area contributed by atoms with Gasteiger partial charge in [0.2, 0.25) is 0 Å². The molecule has 0 fully saturated rings. The van der Waals surface area contributed by atoms with Crippen molar-refractivity contribution in [2.45, 2.75) is 71.6 Å². The Morgan fingerprint density at radius 3 is 2.38 bits per heavy atom. The first-order chi connectivity index (χ1) is 12.2. The minimum Gasteiger partial charge on any atom is -0.0654 e. The molecular formula is C25H32Zr. The predicted molar refractivity (Wildman–Crippen MR) is 111 cm³/mol. The number of unbranched alkanes of at least 4 members (excludes halogenated alkanes) is 3. The molecule has 3 rings (SSSR count). The molecule has 26 heavy (non-hydrogen) atoms. The molecule has 0 N–H and O–H groups in total. The van der Waals surface area contributed by atoms with Crippen LogP contribution in [-0.2, 0) is 32.6 Å². The largest absolute Gasteiger partial charge is 0.0654 e. The zero-order valence-electron chi connectivity index (χ0n) is 16.6. The average molecular weight is 424 g/mol. The second kappa shape index (κ2) is 10.4. The van der Waals surface area contributed by atoms with Gasteiger partial charge in [0.15, 0.2) is 0 Å². The molecule has 136 valence electrons. The predicted octanol–water partition coefficient (Wildman–Crippen LogP) is 7.77. The van der Waals surface area contributed by atoms with Gasteiger partial charge in [0.1, 0.15) is 0 Å². The first kappa shape index (κ1) is 21.4. The van der Waals surface area contributed by atoms with Crippen molar-refractivity contribution in [2.75, 3.05) is 0 Å². The van der Waals surface area contributed by atoms with Crippen LogP contribution in [0.1, 0.15) is 81.9 Å². The molecule has 0 saturated carbocycles. The maximum absolute atomic E-state index is 2.47. The van der Waals surface area contributed by atoms with Crippen LogP contribution in [0.3, 0.4) is 0 Å². The summed E-state index contributed by atoms with van der Waals surface area (Å²) in [5.41, 5.74) is 8.79. The van der Waals surface area contributed by atoms with Crippen LogP contribution >= 0.6 is 0 Å². The summed E-state index contributed by atoms with van der Waals surface area (Å²) in [4.78, 5) is 0. The fourth-order valence-electron chi connectivity index (χ4n) is 3.86. The van der Waals surface area contributed by atoms with E-state index in [4.69, 9.17) is 0 Å². The maximum atomic E-state index is 2.47. The number of fused-ring (bicyclic) bond motifs is 1. The van der Waals surface area contributed by atoms with Crippen LogP contribution in [-0.4, -0.2) is 0 Å². The molecule has 0 nitrogen and oxygen atoms in total. The van der Waals surface area contributed by atoms with Crippen LogP contribution in [0, 0.1) is 0 Å². The van der Waals surface area contributed by atoms with Crippen LogP contribution < -0.4 is 0 Å². The molecule has 0 amide bonds. The number of rotatable bonds is 8. The molecule has 0 aromatic heterocycles. The molecule has 0 heterocycles. The summed E-state index contributed by atoms with van der Waals surface area (Å²) in [5, 5.41) is 0. The van der Waals surface area contributed by atoms with E-state index in [1.807, 2.05) is 0 Å². The summed E-state index contributed by atoms with van der Waals surface area (Å²) in [6.07, 6.45) is 11.5. The Kier molecular flexibility index (Phi) is 8.55. The topological polar surface area (TPSA) is 0 Å². The molecule has 0 aliphatic heterocycles. The Bertz CT molecular complexity index is 724. The Labute approximate surface area is 179 Å². The molecule has 0 saturated heterocycles. The van der Waals surface area contributed by atoms with E-state index in [0.29, 0.717) is 5.92 Å². The van der Waals surface area contributed by atoms with Gasteiger partial charge in [0.05, 0.1) is 0 Å². The molecule has 1 unspecified atom stereocenters. The smallest absolute Gasteiger partial charge is 0 e. The SMILES string of the molecule is CCCCCCC1=Cc2c(cccc2-c2ccc(C(C)CC)cc2)C1.[Zr]. The third-order valence-electron chi connectivity index (χ3n) is 5.72.